The van der Waals surface area contributed by atoms with E-state index in [9.17, 15) is 4.79 Å². The fraction of sp³-hybridized carbons (Fsp3) is 0.500. The number of amides is 1. The highest BCUT2D eigenvalue weighted by molar-refractivity contribution is 7.07. The molecule has 4 heterocycles. The van der Waals surface area contributed by atoms with Gasteiger partial charge in [0.25, 0.3) is 5.91 Å². The Morgan fingerprint density at radius 2 is 2.14 bits per heavy atom. The van der Waals surface area contributed by atoms with Crippen LogP contribution in [0.25, 0.3) is 0 Å². The van der Waals surface area contributed by atoms with Gasteiger partial charge < -0.3 is 4.90 Å². The number of carbonyl (C=O) groups excluding carboxylic acids is 1. The first-order valence-electron chi connectivity index (χ1n) is 7.80. The van der Waals surface area contributed by atoms with Gasteiger partial charge in [0.2, 0.25) is 0 Å². The van der Waals surface area contributed by atoms with E-state index in [1.807, 2.05) is 16.6 Å². The van der Waals surface area contributed by atoms with Crippen molar-refractivity contribution >= 4 is 17.2 Å². The lowest BCUT2D eigenvalue weighted by molar-refractivity contribution is 0.0784. The van der Waals surface area contributed by atoms with Crippen LogP contribution < -0.4 is 0 Å². The number of aromatic nitrogens is 2. The summed E-state index contributed by atoms with van der Waals surface area (Å²) in [4.78, 5) is 17.0. The summed E-state index contributed by atoms with van der Waals surface area (Å²) in [5.74, 6) is 0.117. The summed E-state index contributed by atoms with van der Waals surface area (Å²) in [6.07, 6.45) is 2.23. The van der Waals surface area contributed by atoms with Crippen LogP contribution in [-0.4, -0.2) is 38.6 Å². The molecule has 0 unspecified atom stereocenters. The molecule has 4 rings (SSSR count). The van der Waals surface area contributed by atoms with Gasteiger partial charge in [-0.2, -0.15) is 16.4 Å². The van der Waals surface area contributed by atoms with Gasteiger partial charge in [-0.1, -0.05) is 0 Å². The second kappa shape index (κ2) is 5.52. The van der Waals surface area contributed by atoms with Gasteiger partial charge in [0, 0.05) is 45.3 Å². The Bertz CT molecular complexity index is 685. The predicted molar refractivity (Wildman–Crippen MR) is 85.6 cm³/mol. The van der Waals surface area contributed by atoms with Crippen LogP contribution in [-0.2, 0) is 26.7 Å². The fourth-order valence-corrected chi connectivity index (χ4v) is 4.11. The smallest absolute Gasteiger partial charge is 0.274 e. The van der Waals surface area contributed by atoms with Crippen LogP contribution in [0, 0.1) is 0 Å². The van der Waals surface area contributed by atoms with Gasteiger partial charge in [-0.25, -0.2) is 0 Å². The normalized spacial score (nSPS) is 18.1. The lowest BCUT2D eigenvalue weighted by atomic mass is 10.2. The maximum atomic E-state index is 12.7. The quantitative estimate of drug-likeness (QED) is 0.872. The zero-order valence-corrected chi connectivity index (χ0v) is 13.6. The molecule has 6 heteroatoms. The Morgan fingerprint density at radius 1 is 1.32 bits per heavy atom. The first kappa shape index (κ1) is 14.0. The average Bonchev–Trinajstić information content (AvgIpc) is 3.25. The third kappa shape index (κ3) is 2.36. The molecule has 0 spiro atoms. The van der Waals surface area contributed by atoms with Crippen LogP contribution in [0.3, 0.4) is 0 Å². The van der Waals surface area contributed by atoms with E-state index in [1.54, 1.807) is 11.3 Å². The average molecular weight is 316 g/mol. The van der Waals surface area contributed by atoms with Crippen molar-refractivity contribution in [3.05, 3.63) is 39.3 Å². The van der Waals surface area contributed by atoms with Crippen molar-refractivity contribution in [1.82, 2.24) is 19.6 Å². The van der Waals surface area contributed by atoms with E-state index in [-0.39, 0.29) is 5.91 Å². The number of nitrogens with zero attached hydrogens (tertiary/aromatic N) is 4. The highest BCUT2D eigenvalue weighted by Gasteiger charge is 2.32. The summed E-state index contributed by atoms with van der Waals surface area (Å²) >= 11 is 1.73. The van der Waals surface area contributed by atoms with E-state index in [0.717, 1.165) is 51.1 Å². The molecule has 0 aliphatic carbocycles. The first-order valence-corrected chi connectivity index (χ1v) is 8.74. The van der Waals surface area contributed by atoms with Gasteiger partial charge in [0.15, 0.2) is 5.69 Å². The second-order valence-corrected chi connectivity index (χ2v) is 6.95. The van der Waals surface area contributed by atoms with Gasteiger partial charge in [-0.05, 0) is 35.2 Å². The van der Waals surface area contributed by atoms with Gasteiger partial charge in [0.1, 0.15) is 0 Å². The summed E-state index contributed by atoms with van der Waals surface area (Å²) in [7, 11) is 1.95. The van der Waals surface area contributed by atoms with Gasteiger partial charge in [0.05, 0.1) is 5.69 Å². The van der Waals surface area contributed by atoms with Gasteiger partial charge in [-0.15, -0.1) is 0 Å². The standard InChI is InChI=1S/C16H20N4OS/c1-18-14-10-19(8-12-4-7-22-11-12)9-13(14)15(17-18)16(21)20-5-2-3-6-20/h4,7,11H,2-3,5-6,8-10H2,1H3. The molecule has 5 nitrogen and oxygen atoms in total. The van der Waals surface area contributed by atoms with E-state index in [1.165, 1.54) is 11.3 Å². The van der Waals surface area contributed by atoms with Crippen LogP contribution in [0.4, 0.5) is 0 Å². The number of likely N-dealkylation sites (tertiary alicyclic amines) is 1. The lowest BCUT2D eigenvalue weighted by Crippen LogP contribution is -2.29. The lowest BCUT2D eigenvalue weighted by Gasteiger charge is -2.16. The van der Waals surface area contributed by atoms with Gasteiger partial charge >= 0.3 is 0 Å². The Kier molecular flexibility index (Phi) is 3.50. The Hall–Kier alpha value is -1.66. The molecule has 2 aromatic heterocycles. The molecule has 0 saturated carbocycles. The van der Waals surface area contributed by atoms with Crippen molar-refractivity contribution < 1.29 is 4.79 Å². The molecule has 1 fully saturated rings. The summed E-state index contributed by atoms with van der Waals surface area (Å²) in [5.41, 5.74) is 4.35. The molecule has 22 heavy (non-hydrogen) atoms. The first-order chi connectivity index (χ1) is 10.7. The topological polar surface area (TPSA) is 41.4 Å². The Balaban J connectivity index is 1.55. The van der Waals surface area contributed by atoms with Crippen molar-refractivity contribution in [2.75, 3.05) is 13.1 Å². The number of fused-ring (bicyclic) bond motifs is 1. The van der Waals surface area contributed by atoms with Gasteiger partial charge in [-0.3, -0.25) is 14.4 Å². The monoisotopic (exact) mass is 316 g/mol. The molecular weight excluding hydrogens is 296 g/mol. The molecule has 2 aliphatic rings. The van der Waals surface area contributed by atoms with Crippen LogP contribution >= 0.6 is 11.3 Å². The third-order valence-electron chi connectivity index (χ3n) is 4.61. The number of carbonyl (C=O) groups is 1. The molecule has 0 aromatic carbocycles. The number of hydrogen-bond acceptors (Lipinski definition) is 4. The van der Waals surface area contributed by atoms with Crippen LogP contribution in [0.15, 0.2) is 16.8 Å². The van der Waals surface area contributed by atoms with Crippen LogP contribution in [0.2, 0.25) is 0 Å². The summed E-state index contributed by atoms with van der Waals surface area (Å²) in [6, 6.07) is 2.17. The van der Waals surface area contributed by atoms with E-state index in [4.69, 9.17) is 0 Å². The molecule has 116 valence electrons. The molecular formula is C16H20N4OS. The SMILES string of the molecule is Cn1nc(C(=O)N2CCCC2)c2c1CN(Cc1ccsc1)C2. The number of thiophene rings is 1. The Labute approximate surface area is 134 Å². The zero-order valence-electron chi connectivity index (χ0n) is 12.8. The zero-order chi connectivity index (χ0) is 15.1. The highest BCUT2D eigenvalue weighted by atomic mass is 32.1. The number of rotatable bonds is 3. The maximum absolute atomic E-state index is 12.7. The van der Waals surface area contributed by atoms with Crippen LogP contribution in [0.5, 0.6) is 0 Å². The van der Waals surface area contributed by atoms with E-state index in [0.29, 0.717) is 5.69 Å². The summed E-state index contributed by atoms with van der Waals surface area (Å²) in [5, 5.41) is 8.81. The predicted octanol–water partition coefficient (Wildman–Crippen LogP) is 2.23. The van der Waals surface area contributed by atoms with Crippen molar-refractivity contribution in [3.8, 4) is 0 Å². The van der Waals surface area contributed by atoms with Crippen LogP contribution in [0.1, 0.15) is 40.2 Å². The van der Waals surface area contributed by atoms with E-state index < -0.39 is 0 Å². The Morgan fingerprint density at radius 3 is 2.86 bits per heavy atom. The minimum absolute atomic E-state index is 0.117. The van der Waals surface area contributed by atoms with Crippen molar-refractivity contribution in [3.63, 3.8) is 0 Å². The molecule has 0 N–H and O–H groups in total. The molecule has 2 aliphatic heterocycles. The number of hydrogen-bond donors (Lipinski definition) is 0. The molecule has 1 saturated heterocycles. The third-order valence-corrected chi connectivity index (χ3v) is 5.34. The second-order valence-electron chi connectivity index (χ2n) is 6.17. The minimum Gasteiger partial charge on any atom is -0.337 e. The van der Waals surface area contributed by atoms with E-state index in [2.05, 4.69) is 26.8 Å². The summed E-state index contributed by atoms with van der Waals surface area (Å²) in [6.45, 7) is 4.40. The van der Waals surface area contributed by atoms with Crippen molar-refractivity contribution in [1.29, 1.82) is 0 Å². The fourth-order valence-electron chi connectivity index (χ4n) is 3.45. The van der Waals surface area contributed by atoms with E-state index >= 15 is 0 Å². The van der Waals surface area contributed by atoms with Crippen molar-refractivity contribution in [2.24, 2.45) is 7.05 Å². The number of aryl methyl sites for hydroxylation is 1. The minimum atomic E-state index is 0.117. The molecule has 0 atom stereocenters. The summed E-state index contributed by atoms with van der Waals surface area (Å²) < 4.78 is 1.90. The molecule has 0 radical (unpaired) electrons. The molecule has 1 amide bonds. The maximum Gasteiger partial charge on any atom is 0.274 e. The molecule has 0 bridgehead atoms. The molecule has 2 aromatic rings. The highest BCUT2D eigenvalue weighted by Crippen LogP contribution is 2.28. The largest absolute Gasteiger partial charge is 0.337 e. The van der Waals surface area contributed by atoms with Crippen molar-refractivity contribution in [2.45, 2.75) is 32.5 Å².